The van der Waals surface area contributed by atoms with Gasteiger partial charge in [0.25, 0.3) is 5.75 Å². The van der Waals surface area contributed by atoms with Gasteiger partial charge in [-0.1, -0.05) is 18.2 Å². The van der Waals surface area contributed by atoms with Crippen molar-refractivity contribution >= 4 is 16.4 Å². The number of ether oxygens (including phenoxy) is 2. The first-order valence-corrected chi connectivity index (χ1v) is 11.0. The number of rotatable bonds is 3. The van der Waals surface area contributed by atoms with Crippen LogP contribution in [-0.4, -0.2) is 67.1 Å². The Morgan fingerprint density at radius 2 is 2.10 bits per heavy atom. The normalized spacial score (nSPS) is 35.6. The Labute approximate surface area is 169 Å². The molecule has 2 aliphatic carbocycles. The molecule has 5 rings (SSSR count). The maximum atomic E-state index is 11.4. The molecule has 4 aliphatic rings. The Hall–Kier alpha value is -1.94. The van der Waals surface area contributed by atoms with Crippen molar-refractivity contribution in [1.82, 2.24) is 0 Å². The average molecular weight is 422 g/mol. The van der Waals surface area contributed by atoms with Crippen molar-refractivity contribution < 1.29 is 35.9 Å². The van der Waals surface area contributed by atoms with Crippen LogP contribution in [0, 0.1) is 5.92 Å². The van der Waals surface area contributed by atoms with Gasteiger partial charge < -0.3 is 18.6 Å². The lowest BCUT2D eigenvalue weighted by Gasteiger charge is -2.58. The zero-order valence-corrected chi connectivity index (χ0v) is 17.3. The summed E-state index contributed by atoms with van der Waals surface area (Å²) in [6, 6.07) is 4.07. The standard InChI is InChI=1S/C20H23NO7S/c1-11(22)26-15-6-4-12-10-14-13-5-7-16(28-29(23,24)25)19-20(13,8-9-21(14,2)3)17(12)18(15)27-19/h4-7,13-14,16,19H,8-10H2,1-3H3/p+1/t13-,14+,16?,19?,20-/m0/s1. The summed E-state index contributed by atoms with van der Waals surface area (Å²) in [5.41, 5.74) is 1.65. The number of hydrogen-bond donors (Lipinski definition) is 0. The summed E-state index contributed by atoms with van der Waals surface area (Å²) in [5.74, 6) is 0.801. The molecule has 156 valence electrons. The van der Waals surface area contributed by atoms with Crippen LogP contribution in [0.15, 0.2) is 24.3 Å². The van der Waals surface area contributed by atoms with Gasteiger partial charge in [-0.05, 0) is 5.56 Å². The van der Waals surface area contributed by atoms with E-state index in [0.29, 0.717) is 17.5 Å². The molecule has 0 saturated carbocycles. The quantitative estimate of drug-likeness (QED) is 0.137. The number of likely N-dealkylation sites (tertiary alicyclic amines) is 1. The van der Waals surface area contributed by atoms with E-state index < -0.39 is 28.0 Å². The molecule has 8 nitrogen and oxygen atoms in total. The summed E-state index contributed by atoms with van der Waals surface area (Å²) in [4.78, 5) is 9.66. The lowest BCUT2D eigenvalue weighted by molar-refractivity contribution is -0.926. The number of quaternary nitrogens is 1. The highest BCUT2D eigenvalue weighted by Gasteiger charge is 2.68. The van der Waals surface area contributed by atoms with E-state index in [1.165, 1.54) is 6.92 Å². The van der Waals surface area contributed by atoms with Crippen LogP contribution in [0.1, 0.15) is 24.5 Å². The zero-order valence-electron chi connectivity index (χ0n) is 16.5. The fraction of sp³-hybridized carbons (Fsp3) is 0.550. The molecule has 1 fully saturated rings. The van der Waals surface area contributed by atoms with Gasteiger partial charge >= 0.3 is 5.97 Å². The highest BCUT2D eigenvalue weighted by atomic mass is 32.3. The van der Waals surface area contributed by atoms with E-state index in [9.17, 15) is 17.8 Å². The fourth-order valence-electron chi connectivity index (χ4n) is 6.03. The molecule has 0 radical (unpaired) electrons. The number of carbonyl (C=O) groups excluding carboxylic acids is 1. The second-order valence-electron chi connectivity index (χ2n) is 9.03. The van der Waals surface area contributed by atoms with Gasteiger partial charge in [0.1, 0.15) is 18.2 Å². The van der Waals surface area contributed by atoms with E-state index in [1.54, 1.807) is 12.1 Å². The van der Waals surface area contributed by atoms with E-state index in [-0.39, 0.29) is 11.9 Å². The van der Waals surface area contributed by atoms with Crippen LogP contribution in [0.25, 0.3) is 0 Å². The first kappa shape index (κ1) is 19.0. The molecule has 2 unspecified atom stereocenters. The average Bonchev–Trinajstić information content (AvgIpc) is 2.95. The third kappa shape index (κ3) is 2.61. The van der Waals surface area contributed by atoms with Crippen LogP contribution in [0.4, 0.5) is 0 Å². The molecule has 2 bridgehead atoms. The Morgan fingerprint density at radius 3 is 2.79 bits per heavy atom. The minimum Gasteiger partial charge on any atom is -0.726 e. The van der Waals surface area contributed by atoms with Gasteiger partial charge in [0.2, 0.25) is 10.4 Å². The Morgan fingerprint density at radius 1 is 1.34 bits per heavy atom. The molecular weight excluding hydrogens is 398 g/mol. The molecule has 2 aliphatic heterocycles. The smallest absolute Gasteiger partial charge is 0.485 e. The van der Waals surface area contributed by atoms with Crippen LogP contribution in [0.3, 0.4) is 0 Å². The number of benzene rings is 1. The third-order valence-corrected chi connectivity index (χ3v) is 7.61. The van der Waals surface area contributed by atoms with Crippen LogP contribution >= 0.6 is 0 Å². The summed E-state index contributed by atoms with van der Waals surface area (Å²) < 4.78 is 51.7. The van der Waals surface area contributed by atoms with Crippen molar-refractivity contribution in [3.63, 3.8) is 0 Å². The van der Waals surface area contributed by atoms with Crippen LogP contribution in [0.2, 0.25) is 0 Å². The molecular formula is C20H24NO7S+. The first-order chi connectivity index (χ1) is 13.5. The monoisotopic (exact) mass is 422 g/mol. The largest absolute Gasteiger partial charge is 0.726 e. The van der Waals surface area contributed by atoms with Crippen molar-refractivity contribution in [2.45, 2.75) is 43.4 Å². The minimum atomic E-state index is -4.90. The summed E-state index contributed by atoms with van der Waals surface area (Å²) in [6.45, 7) is 2.32. The molecule has 5 atom stereocenters. The molecule has 29 heavy (non-hydrogen) atoms. The highest BCUT2D eigenvalue weighted by molar-refractivity contribution is 7.80. The van der Waals surface area contributed by atoms with Crippen molar-refractivity contribution in [2.75, 3.05) is 20.6 Å². The van der Waals surface area contributed by atoms with Gasteiger partial charge in [-0.25, -0.2) is 8.42 Å². The molecule has 0 amide bonds. The number of nitrogens with zero attached hydrogens (tertiary/aromatic N) is 1. The van der Waals surface area contributed by atoms with Gasteiger partial charge in [0.15, 0.2) is 5.75 Å². The fourth-order valence-corrected chi connectivity index (χ4v) is 6.47. The molecule has 1 aromatic carbocycles. The van der Waals surface area contributed by atoms with E-state index in [0.717, 1.165) is 35.0 Å². The Kier molecular flexibility index (Phi) is 3.82. The molecule has 2 heterocycles. The predicted octanol–water partition coefficient (Wildman–Crippen LogP) is 1.02. The van der Waals surface area contributed by atoms with Crippen LogP contribution < -0.4 is 9.47 Å². The van der Waals surface area contributed by atoms with E-state index in [4.69, 9.17) is 13.7 Å². The molecule has 0 aromatic heterocycles. The van der Waals surface area contributed by atoms with E-state index in [1.807, 2.05) is 12.1 Å². The number of likely N-dealkylation sites (N-methyl/N-ethyl adjacent to an activating group) is 1. The highest BCUT2D eigenvalue weighted by Crippen LogP contribution is 2.63. The maximum Gasteiger partial charge on any atom is 0.485 e. The lowest BCUT2D eigenvalue weighted by Crippen LogP contribution is -2.70. The summed E-state index contributed by atoms with van der Waals surface area (Å²) in [7, 11) is -0.469. The molecule has 1 N–H and O–H groups in total. The van der Waals surface area contributed by atoms with Gasteiger partial charge in [-0.2, -0.15) is 0 Å². The summed E-state index contributed by atoms with van der Waals surface area (Å²) in [6.07, 6.45) is 3.63. The molecule has 1 spiro atoms. The van der Waals surface area contributed by atoms with Gasteiger partial charge in [-0.15, -0.1) is 0 Å². The Balaban J connectivity index is 1.73. The topological polar surface area (TPSA) is 106 Å². The van der Waals surface area contributed by atoms with Crippen molar-refractivity contribution in [3.05, 3.63) is 35.4 Å². The van der Waals surface area contributed by atoms with E-state index >= 15 is 0 Å². The van der Waals surface area contributed by atoms with Crippen molar-refractivity contribution in [3.8, 4) is 11.5 Å². The summed E-state index contributed by atoms with van der Waals surface area (Å²) in [5, 5.41) is 0. The second-order valence-corrected chi connectivity index (χ2v) is 10.0. The number of piperidine rings is 1. The second kappa shape index (κ2) is 5.81. The number of esters is 1. The maximum absolute atomic E-state index is 11.4. The van der Waals surface area contributed by atoms with Gasteiger partial charge in [0, 0.05) is 30.4 Å². The zero-order chi connectivity index (χ0) is 20.8. The first-order valence-electron chi connectivity index (χ1n) is 9.71. The van der Waals surface area contributed by atoms with Crippen LogP contribution in [-0.2, 0) is 26.4 Å². The summed E-state index contributed by atoms with van der Waals surface area (Å²) >= 11 is 0. The van der Waals surface area contributed by atoms with Crippen LogP contribution in [0.5, 0.6) is 11.5 Å². The van der Waals surface area contributed by atoms with Crippen molar-refractivity contribution in [2.24, 2.45) is 5.92 Å². The third-order valence-electron chi connectivity index (χ3n) is 7.16. The molecule has 1 saturated heterocycles. The SMILES string of the molecule is CC(=[OH+])Oc1ccc2c3c1OC1C(OS(=O)(=O)[O-])C=C[C@H]4[C@@H](C2)[N+](C)(C)CC[C@]314. The van der Waals surface area contributed by atoms with Crippen molar-refractivity contribution in [1.29, 1.82) is 0 Å². The molecule has 1 aromatic rings. The predicted molar refractivity (Wildman–Crippen MR) is 102 cm³/mol. The lowest BCUT2D eigenvalue weighted by atomic mass is 9.53. The van der Waals surface area contributed by atoms with Gasteiger partial charge in [0.05, 0.1) is 33.0 Å². The van der Waals surface area contributed by atoms with Gasteiger partial charge in [-0.3, -0.25) is 8.92 Å². The van der Waals surface area contributed by atoms with E-state index in [2.05, 4.69) is 14.1 Å². The number of hydrogen-bond acceptors (Lipinski definition) is 6. The molecule has 9 heteroatoms. The minimum absolute atomic E-state index is 0.119. The Bertz CT molecular complexity index is 1050.